The average Bonchev–Trinajstić information content (AvgIpc) is 3.22. The number of anilines is 1. The first kappa shape index (κ1) is 26.0. The van der Waals surface area contributed by atoms with Crippen LogP contribution in [0.5, 0.6) is 28.9 Å². The van der Waals surface area contributed by atoms with Crippen LogP contribution in [0.3, 0.4) is 0 Å². The Bertz CT molecular complexity index is 1570. The monoisotopic (exact) mass is 529 g/mol. The fourth-order valence-electron chi connectivity index (χ4n) is 4.74. The molecule has 0 spiro atoms. The fraction of sp³-hybridized carbons (Fsp3) is 0.267. The van der Waals surface area contributed by atoms with E-state index in [-0.39, 0.29) is 18.0 Å². The quantitative estimate of drug-likeness (QED) is 0.290. The molecule has 1 amide bonds. The van der Waals surface area contributed by atoms with Gasteiger partial charge >= 0.3 is 0 Å². The summed E-state index contributed by atoms with van der Waals surface area (Å²) in [5.41, 5.74) is 3.42. The van der Waals surface area contributed by atoms with E-state index in [1.165, 1.54) is 11.8 Å². The van der Waals surface area contributed by atoms with Crippen LogP contribution in [-0.2, 0) is 24.2 Å². The molecule has 0 fully saturated rings. The molecular formula is C30H31N3O6. The largest absolute Gasteiger partial charge is 0.493 e. The van der Waals surface area contributed by atoms with Crippen molar-refractivity contribution in [2.45, 2.75) is 33.2 Å². The third-order valence-corrected chi connectivity index (χ3v) is 6.66. The highest BCUT2D eigenvalue weighted by atomic mass is 16.5. The molecule has 1 aliphatic rings. The molecular weight excluding hydrogens is 498 g/mol. The van der Waals surface area contributed by atoms with Gasteiger partial charge in [0.1, 0.15) is 6.54 Å². The minimum Gasteiger partial charge on any atom is -0.493 e. The number of hydrogen-bond acceptors (Lipinski definition) is 6. The van der Waals surface area contributed by atoms with Gasteiger partial charge in [-0.3, -0.25) is 9.59 Å². The molecule has 0 atom stereocenters. The number of benzene rings is 3. The van der Waals surface area contributed by atoms with Crippen molar-refractivity contribution in [2.75, 3.05) is 26.1 Å². The summed E-state index contributed by atoms with van der Waals surface area (Å²) in [6, 6.07) is 18.5. The van der Waals surface area contributed by atoms with Crippen molar-refractivity contribution >= 4 is 11.6 Å². The molecule has 3 aromatic carbocycles. The minimum atomic E-state index is -0.341. The van der Waals surface area contributed by atoms with Crippen LogP contribution in [0.25, 0.3) is 5.69 Å². The zero-order valence-corrected chi connectivity index (χ0v) is 22.4. The minimum absolute atomic E-state index is 0.166. The maximum absolute atomic E-state index is 13.8. The molecule has 1 N–H and O–H groups in total. The zero-order valence-electron chi connectivity index (χ0n) is 22.4. The maximum Gasteiger partial charge on any atom is 0.278 e. The Morgan fingerprint density at radius 2 is 1.74 bits per heavy atom. The molecule has 2 heterocycles. The van der Waals surface area contributed by atoms with Gasteiger partial charge in [0.25, 0.3) is 5.56 Å². The molecule has 9 heteroatoms. The molecule has 0 radical (unpaired) electrons. The van der Waals surface area contributed by atoms with E-state index in [4.69, 9.17) is 18.9 Å². The van der Waals surface area contributed by atoms with E-state index < -0.39 is 0 Å². The zero-order chi connectivity index (χ0) is 27.5. The number of aryl methyl sites for hydroxylation is 1. The van der Waals surface area contributed by atoms with Gasteiger partial charge in [0, 0.05) is 23.7 Å². The van der Waals surface area contributed by atoms with E-state index in [0.717, 1.165) is 17.5 Å². The summed E-state index contributed by atoms with van der Waals surface area (Å²) in [5, 5.41) is 2.89. The molecule has 5 rings (SSSR count). The Balaban J connectivity index is 1.56. The molecule has 0 unspecified atom stereocenters. The molecule has 202 valence electrons. The molecule has 0 saturated heterocycles. The summed E-state index contributed by atoms with van der Waals surface area (Å²) in [5.74, 6) is 2.17. The topological polar surface area (TPSA) is 93.0 Å². The molecule has 4 aromatic rings. The lowest BCUT2D eigenvalue weighted by molar-refractivity contribution is -0.117. The van der Waals surface area contributed by atoms with E-state index >= 15 is 0 Å². The van der Waals surface area contributed by atoms with Crippen molar-refractivity contribution in [1.29, 1.82) is 0 Å². The number of methoxy groups -OCH3 is 2. The van der Waals surface area contributed by atoms with Crippen LogP contribution in [0.4, 0.5) is 5.69 Å². The van der Waals surface area contributed by atoms with Crippen molar-refractivity contribution < 1.29 is 23.7 Å². The number of nitrogens with one attached hydrogen (secondary N) is 1. The summed E-state index contributed by atoms with van der Waals surface area (Å²) in [6.45, 7) is 4.28. The van der Waals surface area contributed by atoms with Crippen molar-refractivity contribution in [3.8, 4) is 34.6 Å². The van der Waals surface area contributed by atoms with Crippen LogP contribution in [0, 0.1) is 0 Å². The average molecular weight is 530 g/mol. The van der Waals surface area contributed by atoms with Crippen LogP contribution in [0.2, 0.25) is 0 Å². The van der Waals surface area contributed by atoms with E-state index in [1.807, 2.05) is 49.4 Å². The van der Waals surface area contributed by atoms with Gasteiger partial charge < -0.3 is 24.3 Å². The van der Waals surface area contributed by atoms with Gasteiger partial charge in [-0.1, -0.05) is 31.2 Å². The van der Waals surface area contributed by atoms with Crippen LogP contribution in [0.1, 0.15) is 30.5 Å². The number of rotatable bonds is 9. The molecule has 0 aliphatic carbocycles. The summed E-state index contributed by atoms with van der Waals surface area (Å²) >= 11 is 0. The highest BCUT2D eigenvalue weighted by Crippen LogP contribution is 2.42. The van der Waals surface area contributed by atoms with E-state index in [0.29, 0.717) is 58.8 Å². The lowest BCUT2D eigenvalue weighted by Crippen LogP contribution is -2.27. The van der Waals surface area contributed by atoms with Crippen LogP contribution >= 0.6 is 0 Å². The first-order valence-corrected chi connectivity index (χ1v) is 12.9. The van der Waals surface area contributed by atoms with Crippen molar-refractivity contribution in [1.82, 2.24) is 9.36 Å². The predicted molar refractivity (Wildman–Crippen MR) is 148 cm³/mol. The Morgan fingerprint density at radius 3 is 2.44 bits per heavy atom. The molecule has 0 saturated carbocycles. The van der Waals surface area contributed by atoms with Crippen LogP contribution in [0.15, 0.2) is 65.5 Å². The molecule has 1 aromatic heterocycles. The van der Waals surface area contributed by atoms with Crippen molar-refractivity contribution in [2.24, 2.45) is 0 Å². The highest BCUT2D eigenvalue weighted by molar-refractivity contribution is 5.91. The molecule has 1 aliphatic heterocycles. The maximum atomic E-state index is 13.8. The second kappa shape index (κ2) is 11.0. The number of carbonyl (C=O) groups excluding carboxylic acids is 1. The van der Waals surface area contributed by atoms with E-state index in [2.05, 4.69) is 12.2 Å². The number of amides is 1. The van der Waals surface area contributed by atoms with Gasteiger partial charge in [-0.25, -0.2) is 9.36 Å². The molecule has 0 bridgehead atoms. The second-order valence-corrected chi connectivity index (χ2v) is 9.05. The summed E-state index contributed by atoms with van der Waals surface area (Å²) in [6.07, 6.45) is 1.24. The summed E-state index contributed by atoms with van der Waals surface area (Å²) in [4.78, 5) is 27.1. The van der Waals surface area contributed by atoms with Gasteiger partial charge in [-0.05, 0) is 49.2 Å². The Labute approximate surface area is 226 Å². The van der Waals surface area contributed by atoms with Crippen molar-refractivity contribution in [3.63, 3.8) is 0 Å². The number of aromatic nitrogens is 2. The van der Waals surface area contributed by atoms with Gasteiger partial charge in [-0.2, -0.15) is 0 Å². The van der Waals surface area contributed by atoms with Gasteiger partial charge in [-0.15, -0.1) is 0 Å². The van der Waals surface area contributed by atoms with E-state index in [1.54, 1.807) is 30.0 Å². The van der Waals surface area contributed by atoms with Gasteiger partial charge in [0.15, 0.2) is 23.0 Å². The predicted octanol–water partition coefficient (Wildman–Crippen LogP) is 4.95. The normalized spacial score (nSPS) is 11.7. The first-order chi connectivity index (χ1) is 19.0. The van der Waals surface area contributed by atoms with Gasteiger partial charge in [0.05, 0.1) is 32.1 Å². The molecule has 9 nitrogen and oxygen atoms in total. The SMILES string of the molecule is CCOc1cccc2c1Oc1c(c(=O)n(-c3ccc(CC)cc3)n1CC(=O)Nc1ccc(OC)c(OC)c1)C2. The Hall–Kier alpha value is -4.66. The summed E-state index contributed by atoms with van der Waals surface area (Å²) < 4.78 is 25.9. The summed E-state index contributed by atoms with van der Waals surface area (Å²) in [7, 11) is 3.08. The number of hydrogen-bond donors (Lipinski definition) is 1. The third-order valence-electron chi connectivity index (χ3n) is 6.66. The van der Waals surface area contributed by atoms with Crippen molar-refractivity contribution in [3.05, 3.63) is 87.7 Å². The number of nitrogens with zero attached hydrogens (tertiary/aromatic N) is 2. The van der Waals surface area contributed by atoms with Gasteiger partial charge in [0.2, 0.25) is 11.8 Å². The Morgan fingerprint density at radius 1 is 0.974 bits per heavy atom. The Kier molecular flexibility index (Phi) is 7.31. The lowest BCUT2D eigenvalue weighted by atomic mass is 10.0. The van der Waals surface area contributed by atoms with Crippen LogP contribution < -0.4 is 29.8 Å². The number of ether oxygens (including phenoxy) is 4. The number of para-hydroxylation sites is 1. The number of fused-ring (bicyclic) bond motifs is 2. The third kappa shape index (κ3) is 4.95. The molecule has 39 heavy (non-hydrogen) atoms. The smallest absolute Gasteiger partial charge is 0.278 e. The fourth-order valence-corrected chi connectivity index (χ4v) is 4.74. The lowest BCUT2D eigenvalue weighted by Gasteiger charge is -2.21. The van der Waals surface area contributed by atoms with E-state index in [9.17, 15) is 9.59 Å². The highest BCUT2D eigenvalue weighted by Gasteiger charge is 2.31. The number of carbonyl (C=O) groups is 1. The first-order valence-electron chi connectivity index (χ1n) is 12.9. The van der Waals surface area contributed by atoms with Crippen LogP contribution in [-0.4, -0.2) is 36.1 Å². The second-order valence-electron chi connectivity index (χ2n) is 9.05. The standard InChI is InChI=1S/C30H31N3O6/c1-5-19-10-13-22(14-11-19)33-29(35)23-16-20-8-7-9-25(38-6-2)28(20)39-30(23)32(33)18-27(34)31-21-12-15-24(36-3)26(17-21)37-4/h7-15,17H,5-6,16,18H2,1-4H3,(H,31,34).